The van der Waals surface area contributed by atoms with Crippen LogP contribution in [-0.4, -0.2) is 41.2 Å². The summed E-state index contributed by atoms with van der Waals surface area (Å²) in [7, 11) is 0. The minimum absolute atomic E-state index is 0.0374. The zero-order chi connectivity index (χ0) is 16.2. The second-order valence-corrected chi connectivity index (χ2v) is 5.69. The zero-order valence-corrected chi connectivity index (χ0v) is 13.3. The van der Waals surface area contributed by atoms with Gasteiger partial charge >= 0.3 is 0 Å². The maximum absolute atomic E-state index is 13.2. The normalized spacial score (nSPS) is 15.3. The lowest BCUT2D eigenvalue weighted by Crippen LogP contribution is -2.33. The number of aromatic nitrogens is 2. The number of halogens is 2. The van der Waals surface area contributed by atoms with Crippen molar-refractivity contribution in [2.45, 2.75) is 0 Å². The van der Waals surface area contributed by atoms with E-state index in [9.17, 15) is 9.60 Å². The highest BCUT2D eigenvalue weighted by molar-refractivity contribution is 9.10. The average molecular weight is 387 g/mol. The van der Waals surface area contributed by atoms with E-state index < -0.39 is 5.82 Å². The topological polar surface area (TPSA) is 102 Å². The molecule has 1 aromatic heterocycles. The van der Waals surface area contributed by atoms with E-state index in [1.54, 1.807) is 0 Å². The highest BCUT2D eigenvalue weighted by Crippen LogP contribution is 2.22. The van der Waals surface area contributed by atoms with E-state index >= 15 is 0 Å². The Balaban J connectivity index is 1.73. The first kappa shape index (κ1) is 15.7. The van der Waals surface area contributed by atoms with Crippen molar-refractivity contribution in [2.24, 2.45) is 11.1 Å². The molecule has 1 saturated heterocycles. The lowest BCUT2D eigenvalue weighted by atomic mass is 10.1. The van der Waals surface area contributed by atoms with Gasteiger partial charge in [-0.3, -0.25) is 0 Å². The molecule has 8 nitrogen and oxygen atoms in total. The van der Waals surface area contributed by atoms with E-state index in [-0.39, 0.29) is 27.8 Å². The first-order valence-corrected chi connectivity index (χ1v) is 7.44. The number of oxime groups is 1. The lowest BCUT2D eigenvalue weighted by molar-refractivity contribution is -0.0518. The predicted octanol–water partition coefficient (Wildman–Crippen LogP) is 2.24. The monoisotopic (exact) mass is 386 g/mol. The molecule has 10 heteroatoms. The molecule has 0 unspecified atom stereocenters. The van der Waals surface area contributed by atoms with Crippen molar-refractivity contribution in [3.63, 3.8) is 0 Å². The quantitative estimate of drug-likeness (QED) is 0.351. The van der Waals surface area contributed by atoms with Crippen LogP contribution < -0.4 is 10.1 Å². The maximum atomic E-state index is 13.2. The van der Waals surface area contributed by atoms with E-state index in [1.807, 2.05) is 0 Å². The van der Waals surface area contributed by atoms with Gasteiger partial charge in [0.25, 0.3) is 5.88 Å². The lowest BCUT2D eigenvalue weighted by Gasteiger charge is -2.25. The summed E-state index contributed by atoms with van der Waals surface area (Å²) in [6, 6.07) is 4.22. The number of nitrogens with zero attached hydrogens (tertiary/aromatic N) is 3. The number of hydrogen-bond donors (Lipinski definition) is 2. The summed E-state index contributed by atoms with van der Waals surface area (Å²) in [6.45, 7) is 1.65. The van der Waals surface area contributed by atoms with Crippen molar-refractivity contribution in [2.75, 3.05) is 25.1 Å². The number of amidine groups is 1. The molecule has 0 radical (unpaired) electrons. The molecule has 0 saturated carbocycles. The third-order valence-electron chi connectivity index (χ3n) is 3.13. The minimum atomic E-state index is -0.409. The summed E-state index contributed by atoms with van der Waals surface area (Å²) in [5.74, 6) is -0.0639. The van der Waals surface area contributed by atoms with Crippen molar-refractivity contribution in [1.82, 2.24) is 10.3 Å². The van der Waals surface area contributed by atoms with E-state index in [0.29, 0.717) is 25.5 Å². The first-order valence-electron chi connectivity index (χ1n) is 6.65. The van der Waals surface area contributed by atoms with E-state index in [1.165, 1.54) is 18.2 Å². The summed E-state index contributed by atoms with van der Waals surface area (Å²) in [6.07, 6.45) is 0. The number of nitrogens with one attached hydrogen (secondary N) is 1. The highest BCUT2D eigenvalue weighted by Gasteiger charge is 2.23. The van der Waals surface area contributed by atoms with E-state index in [4.69, 9.17) is 9.47 Å². The number of benzene rings is 1. The van der Waals surface area contributed by atoms with Crippen LogP contribution in [0.25, 0.3) is 0 Å². The van der Waals surface area contributed by atoms with Crippen LogP contribution in [0.5, 0.6) is 5.88 Å². The molecule has 2 heterocycles. The van der Waals surface area contributed by atoms with E-state index in [2.05, 4.69) is 41.3 Å². The summed E-state index contributed by atoms with van der Waals surface area (Å²) < 4.78 is 28.7. The summed E-state index contributed by atoms with van der Waals surface area (Å²) in [5, 5.41) is 22.4. The number of hydrogen-bond acceptors (Lipinski definition) is 7. The van der Waals surface area contributed by atoms with Crippen molar-refractivity contribution < 1.29 is 23.7 Å². The SMILES string of the molecule is O/N=C(\Nc1ccc(F)c(Br)c1)c1nonc1OCC1COC1. The van der Waals surface area contributed by atoms with Gasteiger partial charge in [0.15, 0.2) is 0 Å². The van der Waals surface area contributed by atoms with Crippen LogP contribution >= 0.6 is 15.9 Å². The Bertz CT molecular complexity index is 720. The smallest absolute Gasteiger partial charge is 0.287 e. The van der Waals surface area contributed by atoms with Gasteiger partial charge in [0.2, 0.25) is 11.5 Å². The van der Waals surface area contributed by atoms with Gasteiger partial charge in [-0.25, -0.2) is 9.02 Å². The van der Waals surface area contributed by atoms with Crippen molar-refractivity contribution in [1.29, 1.82) is 0 Å². The van der Waals surface area contributed by atoms with Gasteiger partial charge in [-0.15, -0.1) is 0 Å². The number of ether oxygens (including phenoxy) is 2. The molecule has 0 amide bonds. The Kier molecular flexibility index (Phi) is 4.72. The van der Waals surface area contributed by atoms with Crippen LogP contribution in [0, 0.1) is 11.7 Å². The van der Waals surface area contributed by atoms with Gasteiger partial charge in [-0.1, -0.05) is 5.16 Å². The molecular formula is C13H12BrFN4O4. The first-order chi connectivity index (χ1) is 11.2. The number of anilines is 1. The molecule has 0 bridgehead atoms. The number of rotatable bonds is 5. The average Bonchev–Trinajstić information content (AvgIpc) is 2.95. The van der Waals surface area contributed by atoms with Crippen molar-refractivity contribution >= 4 is 27.5 Å². The Labute approximate surface area is 138 Å². The highest BCUT2D eigenvalue weighted by atomic mass is 79.9. The van der Waals surface area contributed by atoms with Crippen molar-refractivity contribution in [3.05, 3.63) is 34.2 Å². The Hall–Kier alpha value is -2.20. The molecule has 0 spiro atoms. The molecule has 1 fully saturated rings. The fraction of sp³-hybridized carbons (Fsp3) is 0.308. The fourth-order valence-corrected chi connectivity index (χ4v) is 2.22. The Morgan fingerprint density at radius 2 is 2.30 bits per heavy atom. The molecule has 2 aromatic rings. The molecule has 3 rings (SSSR count). The van der Waals surface area contributed by atoms with Crippen LogP contribution in [0.1, 0.15) is 5.69 Å². The summed E-state index contributed by atoms with van der Waals surface area (Å²) in [5.41, 5.74) is 0.584. The molecule has 23 heavy (non-hydrogen) atoms. The van der Waals surface area contributed by atoms with Crippen LogP contribution in [-0.2, 0) is 4.74 Å². The molecule has 0 aliphatic carbocycles. The Morgan fingerprint density at radius 3 is 2.96 bits per heavy atom. The largest absolute Gasteiger partial charge is 0.473 e. The third kappa shape index (κ3) is 3.59. The second-order valence-electron chi connectivity index (χ2n) is 4.83. The van der Waals surface area contributed by atoms with Gasteiger partial charge in [0.1, 0.15) is 5.82 Å². The summed E-state index contributed by atoms with van der Waals surface area (Å²) in [4.78, 5) is 0. The van der Waals surface area contributed by atoms with Gasteiger partial charge in [-0.05, 0) is 44.4 Å². The molecule has 122 valence electrons. The molecule has 1 aromatic carbocycles. The molecular weight excluding hydrogens is 375 g/mol. The van der Waals surface area contributed by atoms with Gasteiger partial charge < -0.3 is 20.0 Å². The molecule has 1 aliphatic heterocycles. The van der Waals surface area contributed by atoms with E-state index in [0.717, 1.165) is 0 Å². The Morgan fingerprint density at radius 1 is 1.48 bits per heavy atom. The van der Waals surface area contributed by atoms with Crippen LogP contribution in [0.2, 0.25) is 0 Å². The van der Waals surface area contributed by atoms with Crippen LogP contribution in [0.15, 0.2) is 32.5 Å². The predicted molar refractivity (Wildman–Crippen MR) is 80.1 cm³/mol. The summed E-state index contributed by atoms with van der Waals surface area (Å²) >= 11 is 3.08. The maximum Gasteiger partial charge on any atom is 0.287 e. The zero-order valence-electron chi connectivity index (χ0n) is 11.7. The fourth-order valence-electron chi connectivity index (χ4n) is 1.84. The van der Waals surface area contributed by atoms with Gasteiger partial charge in [0, 0.05) is 11.6 Å². The van der Waals surface area contributed by atoms with Crippen LogP contribution in [0.4, 0.5) is 10.1 Å². The van der Waals surface area contributed by atoms with Crippen LogP contribution in [0.3, 0.4) is 0 Å². The third-order valence-corrected chi connectivity index (χ3v) is 3.74. The second kappa shape index (κ2) is 6.92. The standard InChI is InChI=1S/C13H12BrFN4O4/c14-9-3-8(1-2-10(9)15)16-12(17-20)11-13(19-23-18-11)22-6-7-4-21-5-7/h1-3,7,20H,4-6H2,(H,16,17). The minimum Gasteiger partial charge on any atom is -0.473 e. The van der Waals surface area contributed by atoms with Crippen molar-refractivity contribution in [3.8, 4) is 5.88 Å². The molecule has 1 aliphatic rings. The molecule has 0 atom stereocenters. The van der Waals surface area contributed by atoms with Gasteiger partial charge in [-0.2, -0.15) is 0 Å². The van der Waals surface area contributed by atoms with Gasteiger partial charge in [0.05, 0.1) is 24.3 Å². The molecule has 2 N–H and O–H groups in total.